The van der Waals surface area contributed by atoms with Crippen LogP contribution in [0.15, 0.2) is 24.3 Å². The van der Waals surface area contributed by atoms with E-state index in [1.807, 2.05) is 0 Å². The summed E-state index contributed by atoms with van der Waals surface area (Å²) in [5.74, 6) is -0.581. The van der Waals surface area contributed by atoms with E-state index in [1.54, 1.807) is 24.3 Å². The highest BCUT2D eigenvalue weighted by atomic mass is 16.2. The smallest absolute Gasteiger partial charge is 0.251 e. The summed E-state index contributed by atoms with van der Waals surface area (Å²) in [5.41, 5.74) is 1.02. The number of carbonyl (C=O) groups is 3. The molecule has 6 heteroatoms. The first-order chi connectivity index (χ1) is 8.99. The first kappa shape index (κ1) is 14.7. The van der Waals surface area contributed by atoms with Gasteiger partial charge in [-0.1, -0.05) is 6.07 Å². The third-order valence-electron chi connectivity index (χ3n) is 2.23. The first-order valence-electron chi connectivity index (χ1n) is 5.89. The van der Waals surface area contributed by atoms with Crippen LogP contribution >= 0.6 is 0 Å². The molecule has 0 heterocycles. The average molecular weight is 263 g/mol. The average Bonchev–Trinajstić information content (AvgIpc) is 2.33. The van der Waals surface area contributed by atoms with Crippen molar-refractivity contribution >= 4 is 23.4 Å². The van der Waals surface area contributed by atoms with Crippen molar-refractivity contribution in [3.8, 4) is 0 Å². The summed E-state index contributed by atoms with van der Waals surface area (Å²) in [6, 6.07) is 6.64. The minimum absolute atomic E-state index is 0.137. The van der Waals surface area contributed by atoms with Gasteiger partial charge in [-0.15, -0.1) is 0 Å². The Hall–Kier alpha value is -2.37. The highest BCUT2D eigenvalue weighted by Gasteiger charge is 2.06. The zero-order valence-corrected chi connectivity index (χ0v) is 10.9. The van der Waals surface area contributed by atoms with Gasteiger partial charge in [-0.05, 0) is 18.2 Å². The number of anilines is 1. The Kier molecular flexibility index (Phi) is 5.53. The fourth-order valence-electron chi connectivity index (χ4n) is 1.46. The summed E-state index contributed by atoms with van der Waals surface area (Å²) in [6.07, 6.45) is 0. The number of hydrogen-bond acceptors (Lipinski definition) is 3. The predicted molar refractivity (Wildman–Crippen MR) is 71.8 cm³/mol. The topological polar surface area (TPSA) is 87.3 Å². The van der Waals surface area contributed by atoms with Crippen LogP contribution < -0.4 is 16.0 Å². The fraction of sp³-hybridized carbons (Fsp3) is 0.308. The summed E-state index contributed by atoms with van der Waals surface area (Å²) in [7, 11) is 0. The quantitative estimate of drug-likeness (QED) is 0.676. The first-order valence-corrected chi connectivity index (χ1v) is 5.89. The molecule has 102 valence electrons. The molecule has 0 bridgehead atoms. The second kappa shape index (κ2) is 7.15. The molecule has 0 aliphatic heterocycles. The van der Waals surface area contributed by atoms with E-state index in [0.717, 1.165) is 0 Å². The van der Waals surface area contributed by atoms with Crippen LogP contribution in [0.5, 0.6) is 0 Å². The van der Waals surface area contributed by atoms with Gasteiger partial charge >= 0.3 is 0 Å². The van der Waals surface area contributed by atoms with Crippen molar-refractivity contribution in [1.29, 1.82) is 0 Å². The summed E-state index contributed by atoms with van der Waals surface area (Å²) in [6.45, 7) is 3.55. The van der Waals surface area contributed by atoms with Crippen LogP contribution in [-0.2, 0) is 9.59 Å². The molecule has 0 saturated heterocycles. The molecule has 1 rings (SSSR count). The van der Waals surface area contributed by atoms with Crippen molar-refractivity contribution in [3.05, 3.63) is 29.8 Å². The lowest BCUT2D eigenvalue weighted by atomic mass is 10.2. The molecule has 6 nitrogen and oxygen atoms in total. The molecule has 0 aliphatic rings. The van der Waals surface area contributed by atoms with Crippen molar-refractivity contribution < 1.29 is 14.4 Å². The van der Waals surface area contributed by atoms with E-state index < -0.39 is 0 Å². The fourth-order valence-corrected chi connectivity index (χ4v) is 1.46. The Balaban J connectivity index is 2.52. The minimum Gasteiger partial charge on any atom is -0.355 e. The molecule has 0 radical (unpaired) electrons. The molecule has 1 aromatic carbocycles. The Labute approximate surface area is 111 Å². The molecule has 0 spiro atoms. The van der Waals surface area contributed by atoms with E-state index in [4.69, 9.17) is 0 Å². The Morgan fingerprint density at radius 3 is 2.32 bits per heavy atom. The van der Waals surface area contributed by atoms with Crippen molar-refractivity contribution in [2.45, 2.75) is 13.8 Å². The number of hydrogen-bond donors (Lipinski definition) is 3. The second-order valence-corrected chi connectivity index (χ2v) is 4.00. The van der Waals surface area contributed by atoms with E-state index in [0.29, 0.717) is 24.3 Å². The van der Waals surface area contributed by atoms with Gasteiger partial charge in [0.25, 0.3) is 5.91 Å². The molecule has 0 fully saturated rings. The molecule has 0 aromatic heterocycles. The third-order valence-corrected chi connectivity index (χ3v) is 2.23. The Morgan fingerprint density at radius 2 is 1.68 bits per heavy atom. The molecule has 3 amide bonds. The van der Waals surface area contributed by atoms with Gasteiger partial charge in [-0.25, -0.2) is 0 Å². The normalized spacial score (nSPS) is 9.58. The van der Waals surface area contributed by atoms with Crippen LogP contribution in [0.1, 0.15) is 24.2 Å². The van der Waals surface area contributed by atoms with Gasteiger partial charge < -0.3 is 16.0 Å². The maximum Gasteiger partial charge on any atom is 0.251 e. The summed E-state index contributed by atoms with van der Waals surface area (Å²) in [4.78, 5) is 33.3. The largest absolute Gasteiger partial charge is 0.355 e. The van der Waals surface area contributed by atoms with E-state index in [9.17, 15) is 14.4 Å². The van der Waals surface area contributed by atoms with Crippen molar-refractivity contribution in [3.63, 3.8) is 0 Å². The molecule has 0 atom stereocenters. The molecule has 19 heavy (non-hydrogen) atoms. The molecular formula is C13H17N3O3. The molecule has 0 aliphatic carbocycles. The van der Waals surface area contributed by atoms with Crippen LogP contribution in [0.3, 0.4) is 0 Å². The summed E-state index contributed by atoms with van der Waals surface area (Å²) < 4.78 is 0. The lowest BCUT2D eigenvalue weighted by molar-refractivity contribution is -0.119. The van der Waals surface area contributed by atoms with Gasteiger partial charge in [0.1, 0.15) is 0 Å². The lowest BCUT2D eigenvalue weighted by Crippen LogP contribution is -2.33. The van der Waals surface area contributed by atoms with Crippen LogP contribution in [-0.4, -0.2) is 30.8 Å². The highest BCUT2D eigenvalue weighted by Crippen LogP contribution is 2.10. The monoisotopic (exact) mass is 263 g/mol. The summed E-state index contributed by atoms with van der Waals surface area (Å²) in [5, 5.41) is 7.85. The van der Waals surface area contributed by atoms with Gasteiger partial charge in [-0.3, -0.25) is 14.4 Å². The highest BCUT2D eigenvalue weighted by molar-refractivity contribution is 5.96. The minimum atomic E-state index is -0.252. The maximum atomic E-state index is 11.8. The molecule has 0 unspecified atom stereocenters. The number of rotatable bonds is 5. The van der Waals surface area contributed by atoms with Crippen molar-refractivity contribution in [1.82, 2.24) is 10.6 Å². The van der Waals surface area contributed by atoms with Crippen LogP contribution in [0, 0.1) is 0 Å². The van der Waals surface area contributed by atoms with Gasteiger partial charge in [0.2, 0.25) is 11.8 Å². The predicted octanol–water partition coefficient (Wildman–Crippen LogP) is 0.511. The van der Waals surface area contributed by atoms with Crippen LogP contribution in [0.2, 0.25) is 0 Å². The lowest BCUT2D eigenvalue weighted by Gasteiger charge is -2.07. The van der Waals surface area contributed by atoms with Gasteiger partial charge in [0.05, 0.1) is 0 Å². The van der Waals surface area contributed by atoms with E-state index in [-0.39, 0.29) is 17.7 Å². The standard InChI is InChI=1S/C13H17N3O3/c1-9(17)14-6-7-15-13(19)11-4-3-5-12(8-11)16-10(2)18/h3-5,8H,6-7H2,1-2H3,(H,14,17)(H,15,19)(H,16,18). The molecule has 3 N–H and O–H groups in total. The molecule has 1 aromatic rings. The van der Waals surface area contributed by atoms with E-state index >= 15 is 0 Å². The zero-order valence-electron chi connectivity index (χ0n) is 10.9. The third kappa shape index (κ3) is 5.67. The van der Waals surface area contributed by atoms with E-state index in [2.05, 4.69) is 16.0 Å². The summed E-state index contributed by atoms with van der Waals surface area (Å²) >= 11 is 0. The number of benzene rings is 1. The zero-order chi connectivity index (χ0) is 14.3. The van der Waals surface area contributed by atoms with Crippen LogP contribution in [0.4, 0.5) is 5.69 Å². The molecular weight excluding hydrogens is 246 g/mol. The van der Waals surface area contributed by atoms with E-state index in [1.165, 1.54) is 13.8 Å². The van der Waals surface area contributed by atoms with Crippen LogP contribution in [0.25, 0.3) is 0 Å². The SMILES string of the molecule is CC(=O)NCCNC(=O)c1cccc(NC(C)=O)c1. The second-order valence-electron chi connectivity index (χ2n) is 4.00. The van der Waals surface area contributed by atoms with Gasteiger partial charge in [0.15, 0.2) is 0 Å². The van der Waals surface area contributed by atoms with Crippen molar-refractivity contribution in [2.75, 3.05) is 18.4 Å². The van der Waals surface area contributed by atoms with Crippen molar-refractivity contribution in [2.24, 2.45) is 0 Å². The van der Waals surface area contributed by atoms with Gasteiger partial charge in [-0.2, -0.15) is 0 Å². The maximum absolute atomic E-state index is 11.8. The molecule has 0 saturated carbocycles. The number of nitrogens with one attached hydrogen (secondary N) is 3. The number of carbonyl (C=O) groups excluding carboxylic acids is 3. The van der Waals surface area contributed by atoms with Gasteiger partial charge in [0, 0.05) is 38.2 Å². The Bertz CT molecular complexity index is 486. The Morgan fingerprint density at radius 1 is 1.00 bits per heavy atom. The number of amides is 3.